The van der Waals surface area contributed by atoms with Crippen molar-refractivity contribution in [2.45, 2.75) is 31.3 Å². The Morgan fingerprint density at radius 1 is 1.00 bits per heavy atom. The number of imidazole rings is 1. The molecule has 0 radical (unpaired) electrons. The Morgan fingerprint density at radius 3 is 2.56 bits per heavy atom. The molecule has 0 bridgehead atoms. The molecule has 3 aromatic heterocycles. The van der Waals surface area contributed by atoms with Crippen LogP contribution >= 0.6 is 0 Å². The molecule has 0 amide bonds. The summed E-state index contributed by atoms with van der Waals surface area (Å²) in [5.74, 6) is 1.07. The average Bonchev–Trinajstić information content (AvgIpc) is 3.18. The van der Waals surface area contributed by atoms with Gasteiger partial charge < -0.3 is 10.8 Å². The molecule has 158 valence electrons. The minimum Gasteiger partial charge on any atom is -0.396 e. The number of hydrogen-bond donors (Lipinski definition) is 2. The number of fused-ring (bicyclic) bond motifs is 2. The summed E-state index contributed by atoms with van der Waals surface area (Å²) in [7, 11) is 0. The van der Waals surface area contributed by atoms with Gasteiger partial charge >= 0.3 is 0 Å². The van der Waals surface area contributed by atoms with Gasteiger partial charge in [0.15, 0.2) is 0 Å². The molecule has 0 atom stereocenters. The first kappa shape index (κ1) is 19.0. The summed E-state index contributed by atoms with van der Waals surface area (Å²) in [4.78, 5) is 14.2. The molecule has 1 aliphatic rings. The fraction of sp³-hybridized carbons (Fsp3) is 0.192. The Kier molecular flexibility index (Phi) is 4.07. The van der Waals surface area contributed by atoms with Gasteiger partial charge in [0.05, 0.1) is 39.9 Å². The van der Waals surface area contributed by atoms with E-state index in [2.05, 4.69) is 41.4 Å². The van der Waals surface area contributed by atoms with Crippen LogP contribution in [-0.2, 0) is 0 Å². The van der Waals surface area contributed by atoms with Crippen molar-refractivity contribution < 1.29 is 5.11 Å². The minimum atomic E-state index is -0.634. The molecule has 6 heteroatoms. The lowest BCUT2D eigenvalue weighted by Crippen LogP contribution is -2.40. The number of aromatic nitrogens is 4. The highest BCUT2D eigenvalue weighted by molar-refractivity contribution is 5.92. The maximum atomic E-state index is 10.2. The summed E-state index contributed by atoms with van der Waals surface area (Å²) in [5, 5.41) is 11.3. The quantitative estimate of drug-likeness (QED) is 0.436. The van der Waals surface area contributed by atoms with Crippen LogP contribution in [0.2, 0.25) is 0 Å². The summed E-state index contributed by atoms with van der Waals surface area (Å²) in [6.45, 7) is 1.87. The molecule has 5 aromatic rings. The smallest absolute Gasteiger partial charge is 0.118 e. The second-order valence-corrected chi connectivity index (χ2v) is 8.96. The van der Waals surface area contributed by atoms with Crippen molar-refractivity contribution in [3.8, 4) is 22.5 Å². The normalized spacial score (nSPS) is 20.5. The second-order valence-electron chi connectivity index (χ2n) is 8.96. The van der Waals surface area contributed by atoms with Gasteiger partial charge in [-0.3, -0.25) is 4.40 Å². The van der Waals surface area contributed by atoms with Crippen LogP contribution in [0.15, 0.2) is 73.2 Å². The van der Waals surface area contributed by atoms with E-state index in [9.17, 15) is 5.11 Å². The lowest BCUT2D eigenvalue weighted by molar-refractivity contribution is -0.0335. The molecular weight excluding hydrogens is 398 g/mol. The highest BCUT2D eigenvalue weighted by Crippen LogP contribution is 2.45. The van der Waals surface area contributed by atoms with Crippen molar-refractivity contribution in [3.63, 3.8) is 0 Å². The number of benzene rings is 2. The maximum Gasteiger partial charge on any atom is 0.118 e. The molecule has 0 spiro atoms. The molecule has 6 nitrogen and oxygen atoms in total. The fourth-order valence-corrected chi connectivity index (χ4v) is 4.79. The minimum absolute atomic E-state index is 0.179. The van der Waals surface area contributed by atoms with Gasteiger partial charge in [0.2, 0.25) is 0 Å². The molecule has 0 aliphatic heterocycles. The van der Waals surface area contributed by atoms with E-state index in [1.807, 2.05) is 35.6 Å². The third-order valence-corrected chi connectivity index (χ3v) is 6.38. The molecule has 3 heterocycles. The van der Waals surface area contributed by atoms with Crippen LogP contribution in [0.4, 0.5) is 5.69 Å². The third kappa shape index (κ3) is 3.03. The van der Waals surface area contributed by atoms with Crippen molar-refractivity contribution in [1.29, 1.82) is 0 Å². The highest BCUT2D eigenvalue weighted by Gasteiger charge is 2.41. The average molecular weight is 422 g/mol. The summed E-state index contributed by atoms with van der Waals surface area (Å²) in [5.41, 5.74) is 11.9. The molecule has 3 N–H and O–H groups in total. The number of nitrogens with zero attached hydrogens (tertiary/aromatic N) is 4. The van der Waals surface area contributed by atoms with Gasteiger partial charge in [0, 0.05) is 22.4 Å². The molecule has 1 fully saturated rings. The van der Waals surface area contributed by atoms with Crippen LogP contribution in [0.1, 0.15) is 31.5 Å². The zero-order valence-corrected chi connectivity index (χ0v) is 17.7. The van der Waals surface area contributed by atoms with Crippen molar-refractivity contribution in [2.75, 3.05) is 5.73 Å². The van der Waals surface area contributed by atoms with Crippen molar-refractivity contribution in [1.82, 2.24) is 19.4 Å². The monoisotopic (exact) mass is 421 g/mol. The van der Waals surface area contributed by atoms with Crippen LogP contribution in [0.25, 0.3) is 38.9 Å². The van der Waals surface area contributed by atoms with Crippen molar-refractivity contribution in [3.05, 3.63) is 79.0 Å². The fourth-order valence-electron chi connectivity index (χ4n) is 4.79. The van der Waals surface area contributed by atoms with Gasteiger partial charge in [0.1, 0.15) is 12.2 Å². The number of hydrogen-bond acceptors (Lipinski definition) is 5. The van der Waals surface area contributed by atoms with E-state index in [0.717, 1.165) is 44.8 Å². The third-order valence-electron chi connectivity index (χ3n) is 6.38. The van der Waals surface area contributed by atoms with Crippen LogP contribution < -0.4 is 5.73 Å². The van der Waals surface area contributed by atoms with Crippen LogP contribution in [0.5, 0.6) is 0 Å². The Morgan fingerprint density at radius 2 is 1.78 bits per heavy atom. The van der Waals surface area contributed by atoms with Gasteiger partial charge in [-0.25, -0.2) is 15.0 Å². The number of nitrogen functional groups attached to an aromatic ring is 1. The standard InChI is InChI=1S/C26H23N5O/c1-26(32)12-19(13-26)25-30-23(24-20(27)14-28-15-31(24)25)18-8-7-17-9-10-21(29-22(17)11-18)16-5-3-2-4-6-16/h2-11,14-15,19,32H,12-13,27H2,1H3. The maximum absolute atomic E-state index is 10.2. The molecule has 2 aromatic carbocycles. The molecular formula is C26H23N5O. The Balaban J connectivity index is 1.50. The van der Waals surface area contributed by atoms with Gasteiger partial charge in [-0.15, -0.1) is 0 Å². The van der Waals surface area contributed by atoms with Gasteiger partial charge in [-0.05, 0) is 31.9 Å². The van der Waals surface area contributed by atoms with E-state index in [-0.39, 0.29) is 5.92 Å². The number of nitrogens with two attached hydrogens (primary N) is 1. The Bertz CT molecular complexity index is 1460. The van der Waals surface area contributed by atoms with Crippen LogP contribution in [0, 0.1) is 0 Å². The molecule has 0 unspecified atom stereocenters. The summed E-state index contributed by atoms with van der Waals surface area (Å²) >= 11 is 0. The lowest BCUT2D eigenvalue weighted by atomic mass is 9.72. The SMILES string of the molecule is CC1(O)CC(c2nc(-c3ccc4ccc(-c5ccccc5)nc4c3)c3c(N)cncn23)C1. The number of rotatable bonds is 3. The first-order valence-electron chi connectivity index (χ1n) is 10.8. The zero-order valence-electron chi connectivity index (χ0n) is 17.7. The van der Waals surface area contributed by atoms with Crippen molar-refractivity contribution in [2.24, 2.45) is 0 Å². The lowest BCUT2D eigenvalue weighted by Gasteiger charge is -2.40. The van der Waals surface area contributed by atoms with Crippen LogP contribution in [0.3, 0.4) is 0 Å². The highest BCUT2D eigenvalue weighted by atomic mass is 16.3. The number of pyridine rings is 1. The Labute approximate surface area is 185 Å². The van der Waals surface area contributed by atoms with Gasteiger partial charge in [-0.2, -0.15) is 0 Å². The first-order valence-corrected chi connectivity index (χ1v) is 10.8. The van der Waals surface area contributed by atoms with E-state index < -0.39 is 5.60 Å². The summed E-state index contributed by atoms with van der Waals surface area (Å²) in [6, 6.07) is 20.5. The molecule has 1 saturated carbocycles. The summed E-state index contributed by atoms with van der Waals surface area (Å²) in [6.07, 6.45) is 4.78. The molecule has 0 saturated heterocycles. The first-order chi connectivity index (χ1) is 15.5. The van der Waals surface area contributed by atoms with E-state index in [0.29, 0.717) is 18.5 Å². The topological polar surface area (TPSA) is 89.3 Å². The van der Waals surface area contributed by atoms with E-state index >= 15 is 0 Å². The Hall–Kier alpha value is -3.77. The molecule has 32 heavy (non-hydrogen) atoms. The van der Waals surface area contributed by atoms with E-state index in [1.54, 1.807) is 12.5 Å². The summed E-state index contributed by atoms with van der Waals surface area (Å²) < 4.78 is 1.97. The van der Waals surface area contributed by atoms with Gasteiger partial charge in [0.25, 0.3) is 0 Å². The predicted octanol–water partition coefficient (Wildman–Crippen LogP) is 4.82. The van der Waals surface area contributed by atoms with Gasteiger partial charge in [-0.1, -0.05) is 48.5 Å². The molecule has 6 rings (SSSR count). The number of aliphatic hydroxyl groups is 1. The van der Waals surface area contributed by atoms with E-state index in [4.69, 9.17) is 15.7 Å². The predicted molar refractivity (Wildman–Crippen MR) is 126 cm³/mol. The van der Waals surface area contributed by atoms with E-state index in [1.165, 1.54) is 0 Å². The largest absolute Gasteiger partial charge is 0.396 e. The van der Waals surface area contributed by atoms with Crippen molar-refractivity contribution >= 4 is 22.1 Å². The van der Waals surface area contributed by atoms with Crippen LogP contribution in [-0.4, -0.2) is 30.1 Å². The zero-order chi connectivity index (χ0) is 21.9. The molecule has 1 aliphatic carbocycles. The number of anilines is 1. The second kappa shape index (κ2) is 6.87.